The Balaban J connectivity index is 2.80. The third kappa shape index (κ3) is 3.26. The standard InChI is InChI=1S/C14H26N2O3/c1-5-6-14(12(18)19)7-8-16(9-14)11(17)10(15)13(2,3)4/h10H,5-9,15H2,1-4H3,(H,18,19). The molecule has 0 aromatic carbocycles. The van der Waals surface area contributed by atoms with E-state index in [0.29, 0.717) is 25.9 Å². The molecule has 0 radical (unpaired) electrons. The predicted octanol–water partition coefficient (Wildman–Crippen LogP) is 1.46. The van der Waals surface area contributed by atoms with E-state index in [2.05, 4.69) is 0 Å². The third-order valence-electron chi connectivity index (χ3n) is 4.05. The molecule has 0 saturated carbocycles. The van der Waals surface area contributed by atoms with E-state index in [0.717, 1.165) is 6.42 Å². The van der Waals surface area contributed by atoms with Crippen LogP contribution in [-0.4, -0.2) is 41.0 Å². The van der Waals surface area contributed by atoms with Crippen molar-refractivity contribution < 1.29 is 14.7 Å². The molecule has 0 spiro atoms. The van der Waals surface area contributed by atoms with Gasteiger partial charge >= 0.3 is 5.97 Å². The van der Waals surface area contributed by atoms with Crippen LogP contribution in [0.3, 0.4) is 0 Å². The number of amides is 1. The molecule has 5 nitrogen and oxygen atoms in total. The fourth-order valence-electron chi connectivity index (χ4n) is 2.59. The second-order valence-corrected chi connectivity index (χ2v) is 6.69. The van der Waals surface area contributed by atoms with Gasteiger partial charge in [-0.2, -0.15) is 0 Å². The normalized spacial score (nSPS) is 25.4. The van der Waals surface area contributed by atoms with Crippen molar-refractivity contribution in [2.45, 2.75) is 53.0 Å². The zero-order valence-electron chi connectivity index (χ0n) is 12.4. The Kier molecular flexibility index (Phi) is 4.61. The lowest BCUT2D eigenvalue weighted by Gasteiger charge is -2.31. The molecule has 110 valence electrons. The molecule has 1 saturated heterocycles. The maximum absolute atomic E-state index is 12.3. The molecule has 0 bridgehead atoms. The van der Waals surface area contributed by atoms with E-state index in [1.165, 1.54) is 0 Å². The van der Waals surface area contributed by atoms with Gasteiger partial charge in [0.15, 0.2) is 0 Å². The van der Waals surface area contributed by atoms with E-state index in [-0.39, 0.29) is 11.3 Å². The van der Waals surface area contributed by atoms with Gasteiger partial charge in [-0.25, -0.2) is 0 Å². The molecule has 0 aliphatic carbocycles. The van der Waals surface area contributed by atoms with Crippen LogP contribution in [0.2, 0.25) is 0 Å². The maximum Gasteiger partial charge on any atom is 0.311 e. The first kappa shape index (κ1) is 16.0. The second kappa shape index (κ2) is 5.49. The van der Waals surface area contributed by atoms with Gasteiger partial charge < -0.3 is 15.7 Å². The highest BCUT2D eigenvalue weighted by atomic mass is 16.4. The monoisotopic (exact) mass is 270 g/mol. The zero-order valence-corrected chi connectivity index (χ0v) is 12.4. The van der Waals surface area contributed by atoms with Gasteiger partial charge in [0.1, 0.15) is 0 Å². The molecule has 0 aromatic rings. The number of aliphatic carboxylic acids is 1. The van der Waals surface area contributed by atoms with Gasteiger partial charge in [0.05, 0.1) is 11.5 Å². The Morgan fingerprint density at radius 2 is 2.00 bits per heavy atom. The Morgan fingerprint density at radius 1 is 1.42 bits per heavy atom. The summed E-state index contributed by atoms with van der Waals surface area (Å²) >= 11 is 0. The van der Waals surface area contributed by atoms with Crippen LogP contribution in [0.1, 0.15) is 47.0 Å². The number of carboxylic acids is 1. The largest absolute Gasteiger partial charge is 0.481 e. The van der Waals surface area contributed by atoms with E-state index < -0.39 is 17.4 Å². The Labute approximate surface area is 115 Å². The Hall–Kier alpha value is -1.10. The van der Waals surface area contributed by atoms with Crippen LogP contribution in [0.4, 0.5) is 0 Å². The molecule has 1 heterocycles. The number of hydrogen-bond donors (Lipinski definition) is 2. The minimum absolute atomic E-state index is 0.133. The first-order chi connectivity index (χ1) is 8.64. The smallest absolute Gasteiger partial charge is 0.311 e. The highest BCUT2D eigenvalue weighted by molar-refractivity contribution is 5.84. The van der Waals surface area contributed by atoms with Gasteiger partial charge in [0.2, 0.25) is 5.91 Å². The second-order valence-electron chi connectivity index (χ2n) is 6.69. The average molecular weight is 270 g/mol. The SMILES string of the molecule is CCCC1(C(=O)O)CCN(C(=O)C(N)C(C)(C)C)C1. The molecule has 1 amide bonds. The number of nitrogens with zero attached hydrogens (tertiary/aromatic N) is 1. The van der Waals surface area contributed by atoms with Crippen LogP contribution in [0, 0.1) is 10.8 Å². The Bertz CT molecular complexity index is 362. The fraction of sp³-hybridized carbons (Fsp3) is 0.857. The third-order valence-corrected chi connectivity index (χ3v) is 4.05. The molecule has 3 N–H and O–H groups in total. The van der Waals surface area contributed by atoms with E-state index in [1.54, 1.807) is 4.90 Å². The average Bonchev–Trinajstić information content (AvgIpc) is 2.72. The molecule has 1 aliphatic heterocycles. The number of rotatable bonds is 4. The summed E-state index contributed by atoms with van der Waals surface area (Å²) in [5, 5.41) is 9.42. The van der Waals surface area contributed by atoms with Gasteiger partial charge in [0.25, 0.3) is 0 Å². The first-order valence-corrected chi connectivity index (χ1v) is 6.92. The van der Waals surface area contributed by atoms with E-state index in [9.17, 15) is 14.7 Å². The van der Waals surface area contributed by atoms with Crippen LogP contribution in [0.25, 0.3) is 0 Å². The van der Waals surface area contributed by atoms with Crippen molar-refractivity contribution in [3.8, 4) is 0 Å². The molecule has 0 aromatic heterocycles. The van der Waals surface area contributed by atoms with E-state index in [1.807, 2.05) is 27.7 Å². The van der Waals surface area contributed by atoms with Crippen molar-refractivity contribution in [1.29, 1.82) is 0 Å². The molecule has 1 aliphatic rings. The van der Waals surface area contributed by atoms with E-state index in [4.69, 9.17) is 5.73 Å². The van der Waals surface area contributed by atoms with Crippen molar-refractivity contribution in [2.75, 3.05) is 13.1 Å². The van der Waals surface area contributed by atoms with E-state index >= 15 is 0 Å². The number of hydrogen-bond acceptors (Lipinski definition) is 3. The summed E-state index contributed by atoms with van der Waals surface area (Å²) in [5.41, 5.74) is 4.89. The minimum atomic E-state index is -0.797. The molecule has 19 heavy (non-hydrogen) atoms. The highest BCUT2D eigenvalue weighted by Gasteiger charge is 2.46. The molecule has 2 atom stereocenters. The van der Waals surface area contributed by atoms with Gasteiger partial charge in [-0.1, -0.05) is 34.1 Å². The molecule has 5 heteroatoms. The molecule has 2 unspecified atom stereocenters. The predicted molar refractivity (Wildman–Crippen MR) is 73.6 cm³/mol. The Morgan fingerprint density at radius 3 is 2.42 bits per heavy atom. The summed E-state index contributed by atoms with van der Waals surface area (Å²) in [5.74, 6) is -0.930. The fourth-order valence-corrected chi connectivity index (χ4v) is 2.59. The van der Waals surface area contributed by atoms with Gasteiger partial charge in [-0.3, -0.25) is 9.59 Å². The number of nitrogens with two attached hydrogens (primary N) is 1. The molecule has 1 rings (SSSR count). The van der Waals surface area contributed by atoms with Crippen molar-refractivity contribution in [1.82, 2.24) is 4.90 Å². The maximum atomic E-state index is 12.3. The van der Waals surface area contributed by atoms with Crippen LogP contribution in [-0.2, 0) is 9.59 Å². The first-order valence-electron chi connectivity index (χ1n) is 6.92. The minimum Gasteiger partial charge on any atom is -0.481 e. The molecular weight excluding hydrogens is 244 g/mol. The van der Waals surface area contributed by atoms with Crippen LogP contribution in [0.5, 0.6) is 0 Å². The summed E-state index contributed by atoms with van der Waals surface area (Å²) < 4.78 is 0. The van der Waals surface area contributed by atoms with Gasteiger partial charge in [0, 0.05) is 13.1 Å². The van der Waals surface area contributed by atoms with Crippen molar-refractivity contribution in [2.24, 2.45) is 16.6 Å². The summed E-state index contributed by atoms with van der Waals surface area (Å²) in [6, 6.07) is -0.585. The van der Waals surface area contributed by atoms with Crippen LogP contribution in [0.15, 0.2) is 0 Å². The van der Waals surface area contributed by atoms with Crippen molar-refractivity contribution >= 4 is 11.9 Å². The summed E-state index contributed by atoms with van der Waals surface area (Å²) in [7, 11) is 0. The van der Waals surface area contributed by atoms with Crippen LogP contribution >= 0.6 is 0 Å². The van der Waals surface area contributed by atoms with Gasteiger partial charge in [-0.15, -0.1) is 0 Å². The molecule has 1 fully saturated rings. The number of carboxylic acid groups (broad SMARTS) is 1. The topological polar surface area (TPSA) is 83.6 Å². The lowest BCUT2D eigenvalue weighted by Crippen LogP contribution is -2.50. The highest BCUT2D eigenvalue weighted by Crippen LogP contribution is 2.36. The summed E-state index contributed by atoms with van der Waals surface area (Å²) in [6.07, 6.45) is 1.94. The summed E-state index contributed by atoms with van der Waals surface area (Å²) in [6.45, 7) is 8.51. The number of carbonyl (C=O) groups is 2. The van der Waals surface area contributed by atoms with Crippen molar-refractivity contribution in [3.63, 3.8) is 0 Å². The molecular formula is C14H26N2O3. The van der Waals surface area contributed by atoms with Gasteiger partial charge in [-0.05, 0) is 18.3 Å². The van der Waals surface area contributed by atoms with Crippen molar-refractivity contribution in [3.05, 3.63) is 0 Å². The number of carbonyl (C=O) groups excluding carboxylic acids is 1. The lowest BCUT2D eigenvalue weighted by atomic mass is 9.82. The van der Waals surface area contributed by atoms with Crippen LogP contribution < -0.4 is 5.73 Å². The summed E-state index contributed by atoms with van der Waals surface area (Å²) in [4.78, 5) is 25.4. The zero-order chi connectivity index (χ0) is 14.8. The number of likely N-dealkylation sites (tertiary alicyclic amines) is 1. The lowest BCUT2D eigenvalue weighted by molar-refractivity contribution is -0.149. The quantitative estimate of drug-likeness (QED) is 0.810.